The summed E-state index contributed by atoms with van der Waals surface area (Å²) in [7, 11) is 1.35. The van der Waals surface area contributed by atoms with Crippen LogP contribution in [0.3, 0.4) is 0 Å². The summed E-state index contributed by atoms with van der Waals surface area (Å²) in [6, 6.07) is 15.7. The summed E-state index contributed by atoms with van der Waals surface area (Å²) in [6.07, 6.45) is 1.55. The summed E-state index contributed by atoms with van der Waals surface area (Å²) < 4.78 is 5.30. The summed E-state index contributed by atoms with van der Waals surface area (Å²) in [4.78, 5) is 48.4. The third-order valence-electron chi connectivity index (χ3n) is 3.98. The second-order valence-electron chi connectivity index (χ2n) is 6.27. The molecule has 3 N–H and O–H groups in total. The number of esters is 1. The number of benzene rings is 2. The number of carbonyl (C=O) groups excluding carboxylic acids is 4. The van der Waals surface area contributed by atoms with E-state index in [1.54, 1.807) is 36.4 Å². The van der Waals surface area contributed by atoms with Crippen LogP contribution in [0, 0.1) is 0 Å². The van der Waals surface area contributed by atoms with E-state index in [1.807, 2.05) is 30.3 Å². The molecule has 0 aliphatic heterocycles. The third kappa shape index (κ3) is 6.90. The SMILES string of the molecule is CNC(=O)NC(=O)[C@H](OC(=O)[C@H](C)NC(=O)/C=C/c1ccccc1)c1ccccc1. The van der Waals surface area contributed by atoms with Crippen LogP contribution in [0.15, 0.2) is 66.7 Å². The summed E-state index contributed by atoms with van der Waals surface area (Å²) >= 11 is 0. The van der Waals surface area contributed by atoms with E-state index in [0.717, 1.165) is 5.56 Å². The monoisotopic (exact) mass is 409 g/mol. The molecule has 8 heteroatoms. The van der Waals surface area contributed by atoms with E-state index in [4.69, 9.17) is 4.74 Å². The smallest absolute Gasteiger partial charge is 0.329 e. The van der Waals surface area contributed by atoms with E-state index in [0.29, 0.717) is 5.56 Å². The first kappa shape index (κ1) is 22.4. The lowest BCUT2D eigenvalue weighted by atomic mass is 10.1. The Morgan fingerprint density at radius 2 is 1.53 bits per heavy atom. The highest BCUT2D eigenvalue weighted by atomic mass is 16.5. The first-order valence-corrected chi connectivity index (χ1v) is 9.22. The van der Waals surface area contributed by atoms with E-state index < -0.39 is 36.0 Å². The number of nitrogens with one attached hydrogen (secondary N) is 3. The van der Waals surface area contributed by atoms with Crippen LogP contribution in [0.4, 0.5) is 4.79 Å². The predicted octanol–water partition coefficient (Wildman–Crippen LogP) is 1.94. The Morgan fingerprint density at radius 3 is 2.13 bits per heavy atom. The van der Waals surface area contributed by atoms with Gasteiger partial charge in [0.15, 0.2) is 0 Å². The fraction of sp³-hybridized carbons (Fsp3) is 0.182. The van der Waals surface area contributed by atoms with Crippen molar-refractivity contribution >= 4 is 29.9 Å². The van der Waals surface area contributed by atoms with Crippen LogP contribution in [0.1, 0.15) is 24.2 Å². The Morgan fingerprint density at radius 1 is 0.933 bits per heavy atom. The predicted molar refractivity (Wildman–Crippen MR) is 111 cm³/mol. The molecule has 0 fully saturated rings. The van der Waals surface area contributed by atoms with Crippen LogP contribution in [0.25, 0.3) is 6.08 Å². The molecule has 0 heterocycles. The molecular formula is C22H23N3O5. The molecule has 2 atom stereocenters. The Hall–Kier alpha value is -3.94. The maximum atomic E-state index is 12.5. The van der Waals surface area contributed by atoms with Crippen molar-refractivity contribution in [3.05, 3.63) is 77.9 Å². The molecule has 4 amide bonds. The van der Waals surface area contributed by atoms with Gasteiger partial charge in [-0.1, -0.05) is 60.7 Å². The molecule has 0 aliphatic rings. The summed E-state index contributed by atoms with van der Waals surface area (Å²) in [5, 5.41) is 6.83. The molecule has 2 aromatic rings. The van der Waals surface area contributed by atoms with Crippen molar-refractivity contribution in [2.24, 2.45) is 0 Å². The minimum absolute atomic E-state index is 0.384. The van der Waals surface area contributed by atoms with Crippen molar-refractivity contribution in [3.8, 4) is 0 Å². The zero-order valence-corrected chi connectivity index (χ0v) is 16.6. The first-order valence-electron chi connectivity index (χ1n) is 9.22. The largest absolute Gasteiger partial charge is 0.446 e. The minimum atomic E-state index is -1.35. The molecule has 0 unspecified atom stereocenters. The topological polar surface area (TPSA) is 114 Å². The molecule has 0 aromatic heterocycles. The summed E-state index contributed by atoms with van der Waals surface area (Å²) in [5.41, 5.74) is 1.22. The lowest BCUT2D eigenvalue weighted by molar-refractivity contribution is -0.158. The molecule has 156 valence electrons. The van der Waals surface area contributed by atoms with Crippen LogP contribution < -0.4 is 16.0 Å². The van der Waals surface area contributed by atoms with Crippen molar-refractivity contribution in [2.45, 2.75) is 19.1 Å². The van der Waals surface area contributed by atoms with Crippen LogP contribution in [0.2, 0.25) is 0 Å². The van der Waals surface area contributed by atoms with E-state index in [1.165, 1.54) is 20.0 Å². The number of rotatable bonds is 7. The first-order chi connectivity index (χ1) is 14.4. The van der Waals surface area contributed by atoms with Gasteiger partial charge in [-0.15, -0.1) is 0 Å². The molecule has 2 rings (SSSR count). The van der Waals surface area contributed by atoms with Gasteiger partial charge in [0.25, 0.3) is 5.91 Å². The Kier molecular flexibility index (Phi) is 8.31. The van der Waals surface area contributed by atoms with Gasteiger partial charge in [-0.2, -0.15) is 0 Å². The fourth-order valence-electron chi connectivity index (χ4n) is 2.42. The maximum Gasteiger partial charge on any atom is 0.329 e. The second kappa shape index (κ2) is 11.2. The van der Waals surface area contributed by atoms with Crippen LogP contribution in [-0.2, 0) is 19.1 Å². The Bertz CT molecular complexity index is 913. The molecular weight excluding hydrogens is 386 g/mol. The zero-order valence-electron chi connectivity index (χ0n) is 16.6. The molecule has 0 spiro atoms. The summed E-state index contributed by atoms with van der Waals surface area (Å²) in [6.45, 7) is 1.44. The van der Waals surface area contributed by atoms with Gasteiger partial charge in [0.05, 0.1) is 0 Å². The highest BCUT2D eigenvalue weighted by Crippen LogP contribution is 2.18. The van der Waals surface area contributed by atoms with Crippen molar-refractivity contribution in [2.75, 3.05) is 7.05 Å². The highest BCUT2D eigenvalue weighted by Gasteiger charge is 2.28. The average molecular weight is 409 g/mol. The third-order valence-corrected chi connectivity index (χ3v) is 3.98. The van der Waals surface area contributed by atoms with Crippen molar-refractivity contribution in [3.63, 3.8) is 0 Å². The molecule has 2 aromatic carbocycles. The van der Waals surface area contributed by atoms with E-state index in [-0.39, 0.29) is 0 Å². The molecule has 0 radical (unpaired) electrons. The van der Waals surface area contributed by atoms with Gasteiger partial charge in [-0.05, 0) is 18.6 Å². The Labute approximate surface area is 174 Å². The van der Waals surface area contributed by atoms with Gasteiger partial charge in [-0.3, -0.25) is 14.9 Å². The molecule has 0 saturated carbocycles. The number of urea groups is 1. The number of carbonyl (C=O) groups is 4. The molecule has 0 aliphatic carbocycles. The number of ether oxygens (including phenoxy) is 1. The van der Waals surface area contributed by atoms with Gasteiger partial charge in [-0.25, -0.2) is 9.59 Å². The summed E-state index contributed by atoms with van der Waals surface area (Å²) in [5.74, 6) is -2.12. The van der Waals surface area contributed by atoms with Gasteiger partial charge in [0.2, 0.25) is 12.0 Å². The number of hydrogen-bond acceptors (Lipinski definition) is 5. The fourth-order valence-corrected chi connectivity index (χ4v) is 2.42. The van der Waals surface area contributed by atoms with E-state index in [9.17, 15) is 19.2 Å². The molecule has 30 heavy (non-hydrogen) atoms. The number of amides is 4. The van der Waals surface area contributed by atoms with Crippen LogP contribution in [0.5, 0.6) is 0 Å². The highest BCUT2D eigenvalue weighted by molar-refractivity contribution is 5.98. The average Bonchev–Trinajstić information content (AvgIpc) is 2.76. The van der Waals surface area contributed by atoms with Gasteiger partial charge < -0.3 is 15.4 Å². The normalized spacial score (nSPS) is 12.5. The molecule has 0 saturated heterocycles. The van der Waals surface area contributed by atoms with Gasteiger partial charge in [0, 0.05) is 18.7 Å². The number of hydrogen-bond donors (Lipinski definition) is 3. The minimum Gasteiger partial charge on any atom is -0.446 e. The Balaban J connectivity index is 2.03. The standard InChI is InChI=1S/C22H23N3O5/c1-15(24-18(26)14-13-16-9-5-3-6-10-16)21(28)30-19(17-11-7-4-8-12-17)20(27)25-22(29)23-2/h3-15,19H,1-2H3,(H,24,26)(H2,23,25,27,29)/b14-13+/t15-,19+/m0/s1. The van der Waals surface area contributed by atoms with Crippen LogP contribution in [-0.4, -0.2) is 36.9 Å². The molecule has 0 bridgehead atoms. The maximum absolute atomic E-state index is 12.5. The lowest BCUT2D eigenvalue weighted by Gasteiger charge is -2.20. The molecule has 8 nitrogen and oxygen atoms in total. The van der Waals surface area contributed by atoms with E-state index in [2.05, 4.69) is 16.0 Å². The zero-order chi connectivity index (χ0) is 21.9. The quantitative estimate of drug-likeness (QED) is 0.478. The van der Waals surface area contributed by atoms with Crippen molar-refractivity contribution in [1.82, 2.24) is 16.0 Å². The second-order valence-corrected chi connectivity index (χ2v) is 6.27. The van der Waals surface area contributed by atoms with E-state index >= 15 is 0 Å². The van der Waals surface area contributed by atoms with Gasteiger partial charge in [0.1, 0.15) is 6.04 Å². The van der Waals surface area contributed by atoms with Crippen molar-refractivity contribution in [1.29, 1.82) is 0 Å². The van der Waals surface area contributed by atoms with Crippen molar-refractivity contribution < 1.29 is 23.9 Å². The van der Waals surface area contributed by atoms with Gasteiger partial charge >= 0.3 is 12.0 Å². The lowest BCUT2D eigenvalue weighted by Crippen LogP contribution is -2.44. The van der Waals surface area contributed by atoms with Crippen LogP contribution >= 0.6 is 0 Å². The number of imide groups is 1.